The summed E-state index contributed by atoms with van der Waals surface area (Å²) < 4.78 is 4.75. The highest BCUT2D eigenvalue weighted by molar-refractivity contribution is 6.34. The zero-order valence-electron chi connectivity index (χ0n) is 10.5. The van der Waals surface area contributed by atoms with Gasteiger partial charge in [-0.2, -0.15) is 0 Å². The van der Waals surface area contributed by atoms with Crippen LogP contribution in [0, 0.1) is 0 Å². The van der Waals surface area contributed by atoms with Crippen molar-refractivity contribution >= 4 is 29.7 Å². The molecule has 0 aliphatic heterocycles. The maximum absolute atomic E-state index is 11.7. The van der Waals surface area contributed by atoms with Crippen molar-refractivity contribution in [3.8, 4) is 0 Å². The van der Waals surface area contributed by atoms with E-state index in [9.17, 15) is 4.79 Å². The van der Waals surface area contributed by atoms with Gasteiger partial charge in [0.2, 0.25) is 0 Å². The van der Waals surface area contributed by atoms with E-state index < -0.39 is 5.97 Å². The smallest absolute Gasteiger partial charge is 0.339 e. The summed E-state index contributed by atoms with van der Waals surface area (Å²) in [4.78, 5) is 11.7. The van der Waals surface area contributed by atoms with Crippen LogP contribution in [0.15, 0.2) is 48.5 Å². The maximum atomic E-state index is 11.7. The lowest BCUT2D eigenvalue weighted by Crippen LogP contribution is -2.04. The van der Waals surface area contributed by atoms with Gasteiger partial charge in [0.1, 0.15) is 0 Å². The summed E-state index contributed by atoms with van der Waals surface area (Å²) in [6.07, 6.45) is 3.78. The SMILES string of the molecule is COC(=O)c1c(Cl)cccc1/C=C/c1ccccc1. The lowest BCUT2D eigenvalue weighted by Gasteiger charge is -2.06. The van der Waals surface area contributed by atoms with E-state index in [2.05, 4.69) is 0 Å². The van der Waals surface area contributed by atoms with Crippen molar-refractivity contribution in [2.24, 2.45) is 0 Å². The standard InChI is InChI=1S/C16H13ClO2/c1-19-16(18)15-13(8-5-9-14(15)17)11-10-12-6-3-2-4-7-12/h2-11H,1H3/b11-10+. The predicted molar refractivity (Wildman–Crippen MR) is 78.2 cm³/mol. The minimum atomic E-state index is -0.432. The third kappa shape index (κ3) is 3.24. The molecule has 0 heterocycles. The van der Waals surface area contributed by atoms with Crippen molar-refractivity contribution in [1.29, 1.82) is 0 Å². The van der Waals surface area contributed by atoms with Gasteiger partial charge in [0.05, 0.1) is 17.7 Å². The molecule has 0 saturated carbocycles. The Labute approximate surface area is 117 Å². The van der Waals surface area contributed by atoms with Crippen LogP contribution in [0.4, 0.5) is 0 Å². The monoisotopic (exact) mass is 272 g/mol. The molecule has 0 unspecified atom stereocenters. The number of hydrogen-bond donors (Lipinski definition) is 0. The second-order valence-corrected chi connectivity index (χ2v) is 4.35. The molecule has 0 amide bonds. The van der Waals surface area contributed by atoms with Crippen LogP contribution < -0.4 is 0 Å². The van der Waals surface area contributed by atoms with E-state index in [0.717, 1.165) is 11.1 Å². The fraction of sp³-hybridized carbons (Fsp3) is 0.0625. The molecule has 2 rings (SSSR count). The number of halogens is 1. The average Bonchev–Trinajstić information content (AvgIpc) is 2.45. The van der Waals surface area contributed by atoms with Gasteiger partial charge >= 0.3 is 5.97 Å². The molecular weight excluding hydrogens is 260 g/mol. The first-order valence-electron chi connectivity index (χ1n) is 5.82. The fourth-order valence-corrected chi connectivity index (χ4v) is 2.01. The van der Waals surface area contributed by atoms with Crippen molar-refractivity contribution in [1.82, 2.24) is 0 Å². The van der Waals surface area contributed by atoms with Crippen LogP contribution in [-0.2, 0) is 4.74 Å². The molecule has 0 radical (unpaired) electrons. The topological polar surface area (TPSA) is 26.3 Å². The summed E-state index contributed by atoms with van der Waals surface area (Å²) in [5.74, 6) is -0.432. The van der Waals surface area contributed by atoms with Crippen molar-refractivity contribution in [3.05, 3.63) is 70.2 Å². The van der Waals surface area contributed by atoms with E-state index in [1.165, 1.54) is 7.11 Å². The van der Waals surface area contributed by atoms with Gasteiger partial charge in [-0.25, -0.2) is 4.79 Å². The first kappa shape index (κ1) is 13.4. The molecule has 0 saturated heterocycles. The fourth-order valence-electron chi connectivity index (χ4n) is 1.75. The van der Waals surface area contributed by atoms with Crippen molar-refractivity contribution in [2.45, 2.75) is 0 Å². The summed E-state index contributed by atoms with van der Waals surface area (Å²) in [6.45, 7) is 0. The Balaban J connectivity index is 2.38. The third-order valence-corrected chi connectivity index (χ3v) is 3.01. The van der Waals surface area contributed by atoms with Gasteiger partial charge in [-0.15, -0.1) is 0 Å². The maximum Gasteiger partial charge on any atom is 0.339 e. The molecule has 96 valence electrons. The van der Waals surface area contributed by atoms with Crippen LogP contribution in [0.5, 0.6) is 0 Å². The molecule has 0 aliphatic rings. The molecule has 0 aromatic heterocycles. The second-order valence-electron chi connectivity index (χ2n) is 3.94. The van der Waals surface area contributed by atoms with Crippen LogP contribution >= 0.6 is 11.6 Å². The van der Waals surface area contributed by atoms with Crippen molar-refractivity contribution < 1.29 is 9.53 Å². The first-order chi connectivity index (χ1) is 9.22. The Kier molecular flexibility index (Phi) is 4.37. The summed E-state index contributed by atoms with van der Waals surface area (Å²) in [5.41, 5.74) is 2.18. The molecule has 0 bridgehead atoms. The van der Waals surface area contributed by atoms with Gasteiger partial charge in [0.25, 0.3) is 0 Å². The Morgan fingerprint density at radius 3 is 2.47 bits per heavy atom. The molecule has 2 nitrogen and oxygen atoms in total. The van der Waals surface area contributed by atoms with E-state index >= 15 is 0 Å². The van der Waals surface area contributed by atoms with Crippen LogP contribution in [0.2, 0.25) is 5.02 Å². The first-order valence-corrected chi connectivity index (χ1v) is 6.20. The van der Waals surface area contributed by atoms with Crippen LogP contribution in [0.25, 0.3) is 12.2 Å². The molecule has 0 atom stereocenters. The van der Waals surface area contributed by atoms with Gasteiger partial charge in [-0.3, -0.25) is 0 Å². The van der Waals surface area contributed by atoms with Gasteiger partial charge in [-0.05, 0) is 17.2 Å². The van der Waals surface area contributed by atoms with Crippen LogP contribution in [0.1, 0.15) is 21.5 Å². The molecule has 2 aromatic carbocycles. The van der Waals surface area contributed by atoms with E-state index in [0.29, 0.717) is 10.6 Å². The van der Waals surface area contributed by atoms with E-state index in [4.69, 9.17) is 16.3 Å². The number of ether oxygens (including phenoxy) is 1. The predicted octanol–water partition coefficient (Wildman–Crippen LogP) is 4.30. The molecule has 0 aliphatic carbocycles. The normalized spacial score (nSPS) is 10.6. The zero-order valence-corrected chi connectivity index (χ0v) is 11.2. The molecule has 19 heavy (non-hydrogen) atoms. The number of rotatable bonds is 3. The minimum absolute atomic E-state index is 0.388. The van der Waals surface area contributed by atoms with Gasteiger partial charge in [0, 0.05) is 0 Å². The Bertz CT molecular complexity index is 603. The zero-order chi connectivity index (χ0) is 13.7. The highest BCUT2D eigenvalue weighted by Gasteiger charge is 2.13. The highest BCUT2D eigenvalue weighted by Crippen LogP contribution is 2.22. The van der Waals surface area contributed by atoms with E-state index in [1.807, 2.05) is 48.6 Å². The van der Waals surface area contributed by atoms with Gasteiger partial charge in [-0.1, -0.05) is 66.2 Å². The molecular formula is C16H13ClO2. The lowest BCUT2D eigenvalue weighted by molar-refractivity contribution is 0.0600. The number of esters is 1. The second kappa shape index (κ2) is 6.21. The third-order valence-electron chi connectivity index (χ3n) is 2.69. The van der Waals surface area contributed by atoms with Crippen molar-refractivity contribution in [2.75, 3.05) is 7.11 Å². The highest BCUT2D eigenvalue weighted by atomic mass is 35.5. The summed E-state index contributed by atoms with van der Waals surface area (Å²) in [6, 6.07) is 15.1. The largest absolute Gasteiger partial charge is 0.465 e. The minimum Gasteiger partial charge on any atom is -0.465 e. The average molecular weight is 273 g/mol. The number of hydrogen-bond acceptors (Lipinski definition) is 2. The number of carbonyl (C=O) groups is 1. The Hall–Kier alpha value is -2.06. The lowest BCUT2D eigenvalue weighted by atomic mass is 10.1. The Morgan fingerprint density at radius 1 is 1.05 bits per heavy atom. The van der Waals surface area contributed by atoms with E-state index in [-0.39, 0.29) is 0 Å². The molecule has 3 heteroatoms. The number of carbonyl (C=O) groups excluding carboxylic acids is 1. The molecule has 2 aromatic rings. The Morgan fingerprint density at radius 2 is 1.79 bits per heavy atom. The van der Waals surface area contributed by atoms with Crippen LogP contribution in [0.3, 0.4) is 0 Å². The molecule has 0 spiro atoms. The van der Waals surface area contributed by atoms with Gasteiger partial charge < -0.3 is 4.74 Å². The van der Waals surface area contributed by atoms with E-state index in [1.54, 1.807) is 12.1 Å². The van der Waals surface area contributed by atoms with Gasteiger partial charge in [0.15, 0.2) is 0 Å². The molecule has 0 N–H and O–H groups in total. The number of benzene rings is 2. The quantitative estimate of drug-likeness (QED) is 0.615. The molecule has 0 fully saturated rings. The van der Waals surface area contributed by atoms with Crippen LogP contribution in [-0.4, -0.2) is 13.1 Å². The summed E-state index contributed by atoms with van der Waals surface area (Å²) >= 11 is 6.05. The summed E-state index contributed by atoms with van der Waals surface area (Å²) in [5, 5.41) is 0.391. The number of methoxy groups -OCH3 is 1. The summed E-state index contributed by atoms with van der Waals surface area (Å²) in [7, 11) is 1.34. The van der Waals surface area contributed by atoms with Crippen molar-refractivity contribution in [3.63, 3.8) is 0 Å².